The van der Waals surface area contributed by atoms with Gasteiger partial charge >= 0.3 is 0 Å². The summed E-state index contributed by atoms with van der Waals surface area (Å²) in [5, 5.41) is 0.635. The van der Waals surface area contributed by atoms with E-state index in [2.05, 4.69) is 22.8 Å². The molecule has 1 aromatic carbocycles. The van der Waals surface area contributed by atoms with Crippen molar-refractivity contribution in [2.75, 3.05) is 0 Å². The lowest BCUT2D eigenvalue weighted by atomic mass is 9.89. The molecule has 0 bridgehead atoms. The van der Waals surface area contributed by atoms with Crippen molar-refractivity contribution >= 4 is 33.4 Å². The van der Waals surface area contributed by atoms with E-state index in [9.17, 15) is 14.4 Å². The van der Waals surface area contributed by atoms with Gasteiger partial charge in [0, 0.05) is 10.4 Å². The van der Waals surface area contributed by atoms with Crippen molar-refractivity contribution < 1.29 is 9.59 Å². The average Bonchev–Trinajstić information content (AvgIpc) is 3.07. The molecule has 0 unspecified atom stereocenters. The molecular weight excluding hydrogens is 376 g/mol. The highest BCUT2D eigenvalue weighted by molar-refractivity contribution is 7.18. The molecule has 1 aliphatic rings. The quantitative estimate of drug-likeness (QED) is 0.663. The Morgan fingerprint density at radius 1 is 1.25 bits per heavy atom. The lowest BCUT2D eigenvalue weighted by Gasteiger charge is -2.17. The first-order chi connectivity index (χ1) is 13.5. The van der Waals surface area contributed by atoms with Crippen LogP contribution < -0.4 is 16.4 Å². The first kappa shape index (κ1) is 18.4. The molecule has 28 heavy (non-hydrogen) atoms. The number of hydrogen-bond acceptors (Lipinski definition) is 5. The minimum absolute atomic E-state index is 0.207. The highest BCUT2D eigenvalue weighted by Crippen LogP contribution is 2.35. The van der Waals surface area contributed by atoms with Crippen molar-refractivity contribution in [1.29, 1.82) is 0 Å². The van der Waals surface area contributed by atoms with E-state index in [0.717, 1.165) is 29.7 Å². The van der Waals surface area contributed by atoms with Gasteiger partial charge in [0.1, 0.15) is 11.4 Å². The van der Waals surface area contributed by atoms with Crippen LogP contribution in [0.1, 0.15) is 34.1 Å². The Hall–Kier alpha value is -3.00. The number of nitrogens with zero attached hydrogens (tertiary/aromatic N) is 2. The van der Waals surface area contributed by atoms with E-state index in [1.807, 2.05) is 0 Å². The summed E-state index contributed by atoms with van der Waals surface area (Å²) in [6.07, 6.45) is 4.30. The summed E-state index contributed by atoms with van der Waals surface area (Å²) in [5.41, 5.74) is 6.01. The molecule has 0 aliphatic heterocycles. The van der Waals surface area contributed by atoms with Crippen LogP contribution in [0.3, 0.4) is 0 Å². The van der Waals surface area contributed by atoms with Crippen molar-refractivity contribution in [1.82, 2.24) is 20.4 Å². The van der Waals surface area contributed by atoms with Gasteiger partial charge in [-0.3, -0.25) is 29.8 Å². The maximum atomic E-state index is 12.9. The van der Waals surface area contributed by atoms with E-state index in [0.29, 0.717) is 16.9 Å². The second-order valence-electron chi connectivity index (χ2n) is 7.08. The first-order valence-corrected chi connectivity index (χ1v) is 9.98. The number of hydrogen-bond donors (Lipinski definition) is 2. The van der Waals surface area contributed by atoms with Crippen LogP contribution in [-0.2, 0) is 24.2 Å². The largest absolute Gasteiger partial charge is 0.289 e. The molecule has 2 N–H and O–H groups in total. The number of aromatic nitrogens is 2. The fraction of sp³-hybridized carbons (Fsp3) is 0.300. The number of benzene rings is 1. The standard InChI is InChI=1S/C20H20N4O3S/c1-12-7-8-14-15(9-12)28-19-17(14)20(27)24(11-21-19)10-16(25)22-23-18(26)13-5-3-2-4-6-13/h2-6,11-12H,7-10H2,1H3,(H,22,25)(H,23,26)/t12-/m0/s1. The van der Waals surface area contributed by atoms with Crippen LogP contribution in [0, 0.1) is 5.92 Å². The number of amides is 2. The minimum atomic E-state index is -0.495. The molecule has 3 aromatic rings. The highest BCUT2D eigenvalue weighted by Gasteiger charge is 2.23. The van der Waals surface area contributed by atoms with Gasteiger partial charge in [-0.15, -0.1) is 11.3 Å². The zero-order valence-electron chi connectivity index (χ0n) is 15.4. The van der Waals surface area contributed by atoms with E-state index in [-0.39, 0.29) is 12.1 Å². The summed E-state index contributed by atoms with van der Waals surface area (Å²) < 4.78 is 1.29. The van der Waals surface area contributed by atoms with Crippen LogP contribution in [0.25, 0.3) is 10.2 Å². The molecule has 2 amide bonds. The number of carbonyl (C=O) groups is 2. The van der Waals surface area contributed by atoms with Crippen LogP contribution in [-0.4, -0.2) is 21.4 Å². The molecular formula is C20H20N4O3S. The third kappa shape index (κ3) is 3.55. The second-order valence-corrected chi connectivity index (χ2v) is 8.16. The molecule has 2 heterocycles. The van der Waals surface area contributed by atoms with E-state index >= 15 is 0 Å². The molecule has 8 heteroatoms. The van der Waals surface area contributed by atoms with Crippen LogP contribution in [0.4, 0.5) is 0 Å². The van der Waals surface area contributed by atoms with Crippen LogP contribution in [0.2, 0.25) is 0 Å². The smallest absolute Gasteiger partial charge is 0.269 e. The molecule has 0 fully saturated rings. The van der Waals surface area contributed by atoms with Gasteiger partial charge in [-0.05, 0) is 42.9 Å². The number of rotatable bonds is 3. The molecule has 1 atom stereocenters. The third-order valence-electron chi connectivity index (χ3n) is 4.95. The number of nitrogens with one attached hydrogen (secondary N) is 2. The van der Waals surface area contributed by atoms with E-state index in [4.69, 9.17) is 0 Å². The summed E-state index contributed by atoms with van der Waals surface area (Å²) in [6.45, 7) is 2.00. The summed E-state index contributed by atoms with van der Waals surface area (Å²) >= 11 is 1.58. The fourth-order valence-electron chi connectivity index (χ4n) is 3.46. The fourth-order valence-corrected chi connectivity index (χ4v) is 4.80. The van der Waals surface area contributed by atoms with Gasteiger partial charge in [-0.25, -0.2) is 4.98 Å². The molecule has 1 aliphatic carbocycles. The lowest BCUT2D eigenvalue weighted by Crippen LogP contribution is -2.44. The Balaban J connectivity index is 1.49. The van der Waals surface area contributed by atoms with Gasteiger partial charge in [0.15, 0.2) is 0 Å². The van der Waals surface area contributed by atoms with E-state index in [1.54, 1.807) is 41.7 Å². The van der Waals surface area contributed by atoms with Crippen molar-refractivity contribution in [3.8, 4) is 0 Å². The maximum Gasteiger partial charge on any atom is 0.269 e. The van der Waals surface area contributed by atoms with Crippen molar-refractivity contribution in [2.45, 2.75) is 32.7 Å². The summed E-state index contributed by atoms with van der Waals surface area (Å²) in [6, 6.07) is 8.56. The number of carbonyl (C=O) groups excluding carboxylic acids is 2. The monoisotopic (exact) mass is 396 g/mol. The summed E-state index contributed by atoms with van der Waals surface area (Å²) in [4.78, 5) is 43.4. The number of thiophene rings is 1. The molecule has 2 aromatic heterocycles. The maximum absolute atomic E-state index is 12.9. The Labute approximate surface area is 165 Å². The zero-order chi connectivity index (χ0) is 19.7. The molecule has 0 saturated carbocycles. The molecule has 0 radical (unpaired) electrons. The SMILES string of the molecule is C[C@H]1CCc2c(sc3ncn(CC(=O)NNC(=O)c4ccccc4)c(=O)c23)C1. The normalized spacial score (nSPS) is 15.8. The van der Waals surface area contributed by atoms with Crippen molar-refractivity contribution in [2.24, 2.45) is 5.92 Å². The Bertz CT molecular complexity index is 1100. The van der Waals surface area contributed by atoms with Crippen LogP contribution >= 0.6 is 11.3 Å². The average molecular weight is 396 g/mol. The summed E-state index contributed by atoms with van der Waals surface area (Å²) in [7, 11) is 0. The minimum Gasteiger partial charge on any atom is -0.289 e. The summed E-state index contributed by atoms with van der Waals surface area (Å²) in [5.74, 6) is -0.303. The van der Waals surface area contributed by atoms with Crippen LogP contribution in [0.5, 0.6) is 0 Å². The van der Waals surface area contributed by atoms with Gasteiger partial charge in [0.2, 0.25) is 0 Å². The topological polar surface area (TPSA) is 93.1 Å². The number of hydrazine groups is 1. The predicted octanol–water partition coefficient (Wildman–Crippen LogP) is 2.04. The van der Waals surface area contributed by atoms with E-state index in [1.165, 1.54) is 15.8 Å². The van der Waals surface area contributed by atoms with Gasteiger partial charge < -0.3 is 0 Å². The van der Waals surface area contributed by atoms with Gasteiger partial charge in [0.05, 0.1) is 11.7 Å². The first-order valence-electron chi connectivity index (χ1n) is 9.17. The van der Waals surface area contributed by atoms with Crippen LogP contribution in [0.15, 0.2) is 41.5 Å². The van der Waals surface area contributed by atoms with E-state index < -0.39 is 11.8 Å². The van der Waals surface area contributed by atoms with Gasteiger partial charge in [-0.1, -0.05) is 25.1 Å². The Morgan fingerprint density at radius 3 is 2.82 bits per heavy atom. The van der Waals surface area contributed by atoms with Gasteiger partial charge in [0.25, 0.3) is 17.4 Å². The number of aryl methyl sites for hydroxylation is 1. The highest BCUT2D eigenvalue weighted by atomic mass is 32.1. The zero-order valence-corrected chi connectivity index (χ0v) is 16.2. The lowest BCUT2D eigenvalue weighted by molar-refractivity contribution is -0.122. The Morgan fingerprint density at radius 2 is 2.04 bits per heavy atom. The molecule has 7 nitrogen and oxygen atoms in total. The molecule has 4 rings (SSSR count). The molecule has 144 valence electrons. The van der Waals surface area contributed by atoms with Gasteiger partial charge in [-0.2, -0.15) is 0 Å². The molecule has 0 spiro atoms. The number of fused-ring (bicyclic) bond motifs is 3. The third-order valence-corrected chi connectivity index (χ3v) is 6.11. The second kappa shape index (κ2) is 7.55. The Kier molecular flexibility index (Phi) is 4.95. The van der Waals surface area contributed by atoms with Crippen molar-refractivity contribution in [3.05, 3.63) is 63.0 Å². The predicted molar refractivity (Wildman–Crippen MR) is 107 cm³/mol. The van der Waals surface area contributed by atoms with Crippen molar-refractivity contribution in [3.63, 3.8) is 0 Å². The molecule has 0 saturated heterocycles.